The van der Waals surface area contributed by atoms with E-state index in [1.165, 1.54) is 6.26 Å². The molecule has 8 aromatic rings. The molecule has 8 rings (SSSR count). The second-order valence-electron chi connectivity index (χ2n) is 8.32. The van der Waals surface area contributed by atoms with Crippen LogP contribution in [0.5, 0.6) is 0 Å². The molecule has 2 heteroatoms. The summed E-state index contributed by atoms with van der Waals surface area (Å²) in [5, 5.41) is 0.845. The Morgan fingerprint density at radius 3 is 1.94 bits per heavy atom. The second kappa shape index (κ2) is 7.34. The maximum absolute atomic E-state index is 9.22. The topological polar surface area (TPSA) is 26.3 Å². The Bertz CT molecular complexity index is 2710. The van der Waals surface area contributed by atoms with Crippen LogP contribution in [0, 0.1) is 0 Å². The van der Waals surface area contributed by atoms with E-state index in [0.717, 1.165) is 0 Å². The van der Waals surface area contributed by atoms with Gasteiger partial charge in [0.15, 0.2) is 0 Å². The van der Waals surface area contributed by atoms with E-state index in [-0.39, 0.29) is 43.8 Å². The molecule has 2 nitrogen and oxygen atoms in total. The van der Waals surface area contributed by atoms with Crippen molar-refractivity contribution >= 4 is 54.5 Å². The van der Waals surface area contributed by atoms with Crippen LogP contribution < -0.4 is 0 Å². The minimum Gasteiger partial charge on any atom is -0.464 e. The van der Waals surface area contributed by atoms with Crippen molar-refractivity contribution in [3.05, 3.63) is 121 Å². The van der Waals surface area contributed by atoms with Gasteiger partial charge >= 0.3 is 0 Å². The third-order valence-electron chi connectivity index (χ3n) is 6.46. The molecule has 2 aromatic heterocycles. The molecule has 0 unspecified atom stereocenters. The largest absolute Gasteiger partial charge is 0.464 e. The van der Waals surface area contributed by atoms with Gasteiger partial charge in [0.2, 0.25) is 0 Å². The van der Waals surface area contributed by atoms with Crippen molar-refractivity contribution in [2.75, 3.05) is 0 Å². The summed E-state index contributed by atoms with van der Waals surface area (Å²) in [7, 11) is 0. The van der Waals surface area contributed by atoms with Gasteiger partial charge in [-0.1, -0.05) is 96.8 Å². The summed E-state index contributed by atoms with van der Waals surface area (Å²) >= 11 is 0. The van der Waals surface area contributed by atoms with Crippen LogP contribution in [0.25, 0.3) is 76.7 Å². The SMILES string of the molecule is [2H]c1c([2H])c([2H])c(-c2c3c([2H])c([2H])c([2H])c([2H])c3c(-c3cc4ccoc4c4c3oc3ccccc34)c3c([2H])c([2H])c([2H])c([2H])c23)c([2H])c1[2H]. The number of hydrogen-bond donors (Lipinski definition) is 0. The van der Waals surface area contributed by atoms with Crippen LogP contribution in [0.1, 0.15) is 17.8 Å². The number of para-hydroxylation sites is 1. The Morgan fingerprint density at radius 2 is 1.22 bits per heavy atom. The molecular formula is C34H20O2. The molecule has 6 aromatic carbocycles. The molecule has 0 aliphatic carbocycles. The number of hydrogen-bond acceptors (Lipinski definition) is 2. The number of furan rings is 2. The molecule has 0 bridgehead atoms. The van der Waals surface area contributed by atoms with Crippen molar-refractivity contribution in [1.29, 1.82) is 0 Å². The first-order valence-corrected chi connectivity index (χ1v) is 11.1. The fourth-order valence-electron chi connectivity index (χ4n) is 5.02. The van der Waals surface area contributed by atoms with Crippen LogP contribution in [0.15, 0.2) is 130 Å². The molecule has 0 saturated carbocycles. The van der Waals surface area contributed by atoms with Crippen molar-refractivity contribution < 1.29 is 26.7 Å². The third kappa shape index (κ3) is 2.61. The number of rotatable bonds is 2. The lowest BCUT2D eigenvalue weighted by Crippen LogP contribution is -1.91. The van der Waals surface area contributed by atoms with Gasteiger partial charge in [-0.2, -0.15) is 0 Å². The first kappa shape index (κ1) is 10.8. The van der Waals surface area contributed by atoms with E-state index in [0.29, 0.717) is 27.3 Å². The Kier molecular flexibility index (Phi) is 2.21. The van der Waals surface area contributed by atoms with Gasteiger partial charge in [0.25, 0.3) is 0 Å². The van der Waals surface area contributed by atoms with Gasteiger partial charge in [-0.15, -0.1) is 0 Å². The average molecular weight is 474 g/mol. The van der Waals surface area contributed by atoms with E-state index in [9.17, 15) is 2.74 Å². The monoisotopic (exact) mass is 473 g/mol. The molecule has 0 atom stereocenters. The van der Waals surface area contributed by atoms with Gasteiger partial charge in [0, 0.05) is 21.9 Å². The minimum atomic E-state index is -0.725. The molecule has 0 N–H and O–H groups in total. The lowest BCUT2D eigenvalue weighted by atomic mass is 9.85. The summed E-state index contributed by atoms with van der Waals surface area (Å²) in [6.45, 7) is 0. The second-order valence-corrected chi connectivity index (χ2v) is 8.32. The number of fused-ring (bicyclic) bond motifs is 7. The molecule has 0 saturated heterocycles. The van der Waals surface area contributed by atoms with Crippen molar-refractivity contribution in [2.45, 2.75) is 0 Å². The van der Waals surface area contributed by atoms with E-state index in [1.54, 1.807) is 24.3 Å². The van der Waals surface area contributed by atoms with Crippen molar-refractivity contribution in [3.63, 3.8) is 0 Å². The maximum atomic E-state index is 9.22. The first-order valence-electron chi connectivity index (χ1n) is 17.6. The Hall–Kier alpha value is -4.82. The average Bonchev–Trinajstić information content (AvgIpc) is 3.73. The first-order chi connectivity index (χ1) is 23.3. The van der Waals surface area contributed by atoms with E-state index in [2.05, 4.69) is 0 Å². The molecule has 0 aliphatic rings. The van der Waals surface area contributed by atoms with Gasteiger partial charge in [0.05, 0.1) is 29.5 Å². The third-order valence-corrected chi connectivity index (χ3v) is 6.46. The van der Waals surface area contributed by atoms with Crippen LogP contribution in [0.3, 0.4) is 0 Å². The van der Waals surface area contributed by atoms with Crippen molar-refractivity contribution in [3.8, 4) is 22.3 Å². The van der Waals surface area contributed by atoms with Gasteiger partial charge in [-0.05, 0) is 50.9 Å². The van der Waals surface area contributed by atoms with Gasteiger partial charge < -0.3 is 8.83 Å². The van der Waals surface area contributed by atoms with Crippen molar-refractivity contribution in [1.82, 2.24) is 0 Å². The van der Waals surface area contributed by atoms with E-state index >= 15 is 0 Å². The Morgan fingerprint density at radius 1 is 0.583 bits per heavy atom. The zero-order chi connectivity index (χ0) is 35.0. The summed E-state index contributed by atoms with van der Waals surface area (Å²) in [5.41, 5.74) is 0.580. The van der Waals surface area contributed by atoms with Gasteiger partial charge in [-0.25, -0.2) is 0 Å². The highest BCUT2D eigenvalue weighted by Gasteiger charge is 2.22. The fraction of sp³-hybridized carbons (Fsp3) is 0. The van der Waals surface area contributed by atoms with Crippen LogP contribution in [-0.4, -0.2) is 0 Å². The van der Waals surface area contributed by atoms with E-state index in [1.807, 2.05) is 12.1 Å². The molecule has 168 valence electrons. The minimum absolute atomic E-state index is 0.00715. The molecule has 0 fully saturated rings. The van der Waals surface area contributed by atoms with Gasteiger partial charge in [-0.3, -0.25) is 0 Å². The van der Waals surface area contributed by atoms with Gasteiger partial charge in [0.1, 0.15) is 16.7 Å². The lowest BCUT2D eigenvalue weighted by molar-refractivity contribution is 0.618. The summed E-state index contributed by atoms with van der Waals surface area (Å²) in [6.07, 6.45) is 1.48. The van der Waals surface area contributed by atoms with Crippen molar-refractivity contribution in [2.24, 2.45) is 0 Å². The summed E-state index contributed by atoms with van der Waals surface area (Å²) in [5.74, 6) is 0. The molecule has 0 amide bonds. The highest BCUT2D eigenvalue weighted by atomic mass is 16.3. The molecular weight excluding hydrogens is 440 g/mol. The quantitative estimate of drug-likeness (QED) is 0.233. The molecule has 0 aliphatic heterocycles. The van der Waals surface area contributed by atoms with E-state index < -0.39 is 84.1 Å². The predicted octanol–water partition coefficient (Wildman–Crippen LogP) is 9.97. The molecule has 0 radical (unpaired) electrons. The lowest BCUT2D eigenvalue weighted by Gasteiger charge is -2.18. The normalized spacial score (nSPS) is 16.9. The van der Waals surface area contributed by atoms with Crippen LogP contribution in [-0.2, 0) is 0 Å². The zero-order valence-electron chi connectivity index (χ0n) is 31.4. The highest BCUT2D eigenvalue weighted by Crippen LogP contribution is 2.48. The van der Waals surface area contributed by atoms with Crippen LogP contribution in [0.4, 0.5) is 0 Å². The smallest absolute Gasteiger partial charge is 0.147 e. The summed E-state index contributed by atoms with van der Waals surface area (Å²) < 4.78 is 126. The fourth-order valence-corrected chi connectivity index (χ4v) is 5.02. The molecule has 36 heavy (non-hydrogen) atoms. The summed E-state index contributed by atoms with van der Waals surface area (Å²) in [6, 6.07) is 1.90. The Labute approximate surface area is 225 Å². The predicted molar refractivity (Wildman–Crippen MR) is 149 cm³/mol. The summed E-state index contributed by atoms with van der Waals surface area (Å²) in [4.78, 5) is 0. The highest BCUT2D eigenvalue weighted by molar-refractivity contribution is 6.27. The standard InChI is InChI=1S/C34H20O2/c1-2-10-21(11-3-1)30-23-12-4-6-14-25(23)31(26-15-7-5-13-24(26)30)28-20-22-18-19-35-33(22)32-27-16-8-9-17-29(27)36-34(28)32/h1-20H/i1D,2D,3D,4D,5D,6D,7D,10D,11D,12D,13D,14D,15D. The van der Waals surface area contributed by atoms with E-state index in [4.69, 9.17) is 23.9 Å². The maximum Gasteiger partial charge on any atom is 0.147 e. The Balaban J connectivity index is 1.77. The van der Waals surface area contributed by atoms with Crippen LogP contribution >= 0.6 is 0 Å². The number of benzene rings is 6. The zero-order valence-corrected chi connectivity index (χ0v) is 18.4. The molecule has 0 spiro atoms. The van der Waals surface area contributed by atoms with Crippen LogP contribution in [0.2, 0.25) is 0 Å². The molecule has 2 heterocycles.